The van der Waals surface area contributed by atoms with Crippen LogP contribution in [0.2, 0.25) is 0 Å². The molecule has 9 nitrogen and oxygen atoms in total. The third-order valence-corrected chi connectivity index (χ3v) is 9.72. The molecule has 0 saturated carbocycles. The van der Waals surface area contributed by atoms with E-state index < -0.39 is 17.7 Å². The van der Waals surface area contributed by atoms with Crippen LogP contribution in [0.15, 0.2) is 76.8 Å². The van der Waals surface area contributed by atoms with Gasteiger partial charge in [-0.15, -0.1) is 10.2 Å². The molecule has 0 radical (unpaired) electrons. The average molecular weight is 644 g/mol. The van der Waals surface area contributed by atoms with Crippen molar-refractivity contribution in [2.24, 2.45) is 0 Å². The van der Waals surface area contributed by atoms with Crippen molar-refractivity contribution in [1.29, 1.82) is 0 Å². The number of thioether (sulfide) groups is 1. The number of hydrogen-bond donors (Lipinski definition) is 1. The van der Waals surface area contributed by atoms with Gasteiger partial charge in [-0.3, -0.25) is 14.5 Å². The number of carbonyl (C=O) groups excluding carboxylic acids is 2. The molecule has 3 aromatic heterocycles. The first-order valence-electron chi connectivity index (χ1n) is 14.5. The number of amides is 1. The molecule has 45 heavy (non-hydrogen) atoms. The van der Waals surface area contributed by atoms with Gasteiger partial charge in [0.1, 0.15) is 22.9 Å². The quantitative estimate of drug-likeness (QED) is 0.0431. The van der Waals surface area contributed by atoms with Gasteiger partial charge in [-0.1, -0.05) is 66.8 Å². The zero-order valence-electron chi connectivity index (χ0n) is 24.9. The first-order valence-corrected chi connectivity index (χ1v) is 16.3. The summed E-state index contributed by atoms with van der Waals surface area (Å²) < 4.78 is 21.6. The Morgan fingerprint density at radius 2 is 1.82 bits per heavy atom. The van der Waals surface area contributed by atoms with Gasteiger partial charge in [0.05, 0.1) is 23.9 Å². The summed E-state index contributed by atoms with van der Waals surface area (Å²) in [5, 5.41) is 20.5. The van der Waals surface area contributed by atoms with Gasteiger partial charge < -0.3 is 14.2 Å². The van der Waals surface area contributed by atoms with Gasteiger partial charge in [0.15, 0.2) is 10.1 Å². The molecule has 1 atom stereocenters. The van der Waals surface area contributed by atoms with Crippen LogP contribution in [0.3, 0.4) is 0 Å². The molecule has 0 spiro atoms. The number of hydrogen-bond acceptors (Lipinski definition) is 9. The standard InChI is InChI=1S/C33H30FN5O4S2/c1-4-5-17-43-24-14-10-22(11-15-24)27-25(28(40)26-20(3)38-16-6-7-19(2)30(38)35-26)29(41)31(42)39(27)32-36-37-33(45-32)44-18-21-8-12-23(34)13-9-21/h6-16,27,40H,4-5,17-18H2,1-3H3. The van der Waals surface area contributed by atoms with Crippen molar-refractivity contribution < 1.29 is 23.8 Å². The lowest BCUT2D eigenvalue weighted by Gasteiger charge is -2.22. The van der Waals surface area contributed by atoms with E-state index in [-0.39, 0.29) is 28.0 Å². The minimum atomic E-state index is -0.983. The number of benzene rings is 2. The number of imidazole rings is 1. The second-order valence-corrected chi connectivity index (χ2v) is 12.8. The molecule has 1 amide bonds. The SMILES string of the molecule is CCCCOc1ccc(C2C(=C(O)c3nc4c(C)cccn4c3C)C(=O)C(=O)N2c2nnc(SCc3ccc(F)cc3)s2)cc1. The molecule has 0 bridgehead atoms. The van der Waals surface area contributed by atoms with E-state index in [1.165, 1.54) is 28.8 Å². The smallest absolute Gasteiger partial charge is 0.301 e. The van der Waals surface area contributed by atoms with E-state index in [0.717, 1.165) is 35.3 Å². The summed E-state index contributed by atoms with van der Waals surface area (Å²) in [6.45, 7) is 6.37. The number of halogens is 1. The maximum atomic E-state index is 13.7. The van der Waals surface area contributed by atoms with E-state index in [1.807, 2.05) is 29.7 Å². The number of Topliss-reactive ketones (excluding diaryl/α,β-unsaturated/α-hetero) is 1. The van der Waals surface area contributed by atoms with Crippen molar-refractivity contribution in [1.82, 2.24) is 19.6 Å². The van der Waals surface area contributed by atoms with Crippen LogP contribution in [-0.4, -0.2) is 43.0 Å². The van der Waals surface area contributed by atoms with Crippen molar-refractivity contribution in [2.45, 2.75) is 49.7 Å². The zero-order valence-corrected chi connectivity index (χ0v) is 26.5. The molecule has 1 fully saturated rings. The number of nitrogens with zero attached hydrogens (tertiary/aromatic N) is 5. The minimum absolute atomic E-state index is 0.0838. The van der Waals surface area contributed by atoms with Crippen LogP contribution in [0.1, 0.15) is 53.9 Å². The number of carbonyl (C=O) groups is 2. The summed E-state index contributed by atoms with van der Waals surface area (Å²) in [5.74, 6) is -1.17. The Balaban J connectivity index is 1.40. The Hall–Kier alpha value is -4.55. The summed E-state index contributed by atoms with van der Waals surface area (Å²) >= 11 is 2.55. The topological polar surface area (TPSA) is 110 Å². The van der Waals surface area contributed by atoms with E-state index in [2.05, 4.69) is 22.1 Å². The fourth-order valence-corrected chi connectivity index (χ4v) is 7.01. The van der Waals surface area contributed by atoms with Crippen LogP contribution in [-0.2, 0) is 15.3 Å². The summed E-state index contributed by atoms with van der Waals surface area (Å²) in [6, 6.07) is 16.1. The van der Waals surface area contributed by atoms with Gasteiger partial charge in [-0.05, 0) is 67.3 Å². The number of ether oxygens (including phenoxy) is 1. The maximum Gasteiger partial charge on any atom is 0.301 e. The van der Waals surface area contributed by atoms with Crippen molar-refractivity contribution >= 4 is 51.3 Å². The molecule has 1 aliphatic heterocycles. The summed E-state index contributed by atoms with van der Waals surface area (Å²) in [7, 11) is 0. The third-order valence-electron chi connectivity index (χ3n) is 7.59. The normalized spacial score (nSPS) is 16.2. The van der Waals surface area contributed by atoms with Gasteiger partial charge in [0.2, 0.25) is 5.13 Å². The van der Waals surface area contributed by atoms with Crippen LogP contribution in [0.25, 0.3) is 11.4 Å². The Morgan fingerprint density at radius 1 is 1.07 bits per heavy atom. The molecule has 1 saturated heterocycles. The molecular weight excluding hydrogens is 614 g/mol. The largest absolute Gasteiger partial charge is 0.505 e. The third kappa shape index (κ3) is 5.95. The number of aliphatic hydroxyl groups is 1. The lowest BCUT2D eigenvalue weighted by atomic mass is 9.96. The Bertz CT molecular complexity index is 1920. The predicted octanol–water partition coefficient (Wildman–Crippen LogP) is 7.04. The molecule has 4 heterocycles. The average Bonchev–Trinajstić information content (AvgIpc) is 3.72. The van der Waals surface area contributed by atoms with Crippen molar-refractivity contribution in [2.75, 3.05) is 11.5 Å². The van der Waals surface area contributed by atoms with Gasteiger partial charge in [-0.2, -0.15) is 0 Å². The number of aryl methyl sites for hydroxylation is 2. The number of anilines is 1. The molecule has 2 aromatic carbocycles. The van der Waals surface area contributed by atoms with Gasteiger partial charge in [-0.25, -0.2) is 9.37 Å². The molecule has 12 heteroatoms. The number of unbranched alkanes of at least 4 members (excludes halogenated alkanes) is 1. The summed E-state index contributed by atoms with van der Waals surface area (Å²) in [4.78, 5) is 33.4. The predicted molar refractivity (Wildman–Crippen MR) is 172 cm³/mol. The Labute approximate surface area is 267 Å². The highest BCUT2D eigenvalue weighted by atomic mass is 32.2. The first kappa shape index (κ1) is 30.5. The van der Waals surface area contributed by atoms with Gasteiger partial charge >= 0.3 is 5.91 Å². The number of fused-ring (bicyclic) bond motifs is 1. The molecule has 1 aliphatic rings. The van der Waals surface area contributed by atoms with E-state index in [0.29, 0.717) is 39.4 Å². The summed E-state index contributed by atoms with van der Waals surface area (Å²) in [5.41, 5.74) is 3.80. The first-order chi connectivity index (χ1) is 21.8. The van der Waals surface area contributed by atoms with E-state index >= 15 is 0 Å². The second-order valence-electron chi connectivity index (χ2n) is 10.6. The Morgan fingerprint density at radius 3 is 2.53 bits per heavy atom. The highest BCUT2D eigenvalue weighted by molar-refractivity contribution is 8.00. The van der Waals surface area contributed by atoms with Gasteiger partial charge in [0.25, 0.3) is 5.78 Å². The van der Waals surface area contributed by atoms with Gasteiger partial charge in [0, 0.05) is 11.9 Å². The lowest BCUT2D eigenvalue weighted by Crippen LogP contribution is -2.29. The van der Waals surface area contributed by atoms with Crippen LogP contribution in [0.5, 0.6) is 5.75 Å². The molecule has 6 rings (SSSR count). The molecular formula is C33H30FN5O4S2. The molecule has 0 aliphatic carbocycles. The lowest BCUT2D eigenvalue weighted by molar-refractivity contribution is -0.132. The van der Waals surface area contributed by atoms with Crippen LogP contribution < -0.4 is 9.64 Å². The van der Waals surface area contributed by atoms with E-state index in [1.54, 1.807) is 43.3 Å². The molecule has 1 N–H and O–H groups in total. The highest BCUT2D eigenvalue weighted by Gasteiger charge is 2.49. The van der Waals surface area contributed by atoms with Crippen molar-refractivity contribution in [3.8, 4) is 5.75 Å². The summed E-state index contributed by atoms with van der Waals surface area (Å²) in [6.07, 6.45) is 3.75. The number of aliphatic hydroxyl groups excluding tert-OH is 1. The number of ketones is 1. The highest BCUT2D eigenvalue weighted by Crippen LogP contribution is 2.44. The number of aromatic nitrogens is 4. The molecule has 5 aromatic rings. The molecule has 1 unspecified atom stereocenters. The van der Waals surface area contributed by atoms with Crippen LogP contribution in [0, 0.1) is 19.7 Å². The number of pyridine rings is 1. The maximum absolute atomic E-state index is 13.7. The number of rotatable bonds is 10. The fraction of sp³-hybridized carbons (Fsp3) is 0.242. The molecule has 230 valence electrons. The second kappa shape index (κ2) is 12.8. The van der Waals surface area contributed by atoms with E-state index in [4.69, 9.17) is 4.74 Å². The van der Waals surface area contributed by atoms with Crippen molar-refractivity contribution in [3.05, 3.63) is 106 Å². The van der Waals surface area contributed by atoms with Crippen LogP contribution >= 0.6 is 23.1 Å². The monoisotopic (exact) mass is 643 g/mol. The van der Waals surface area contributed by atoms with E-state index in [9.17, 15) is 19.1 Å². The van der Waals surface area contributed by atoms with Crippen LogP contribution in [0.4, 0.5) is 9.52 Å². The Kier molecular flexibility index (Phi) is 8.68. The zero-order chi connectivity index (χ0) is 31.7. The fourth-order valence-electron chi connectivity index (χ4n) is 5.18. The van der Waals surface area contributed by atoms with Crippen molar-refractivity contribution in [3.63, 3.8) is 0 Å². The minimum Gasteiger partial charge on any atom is -0.505 e.